The third-order valence-corrected chi connectivity index (χ3v) is 3.82. The fourth-order valence-electron chi connectivity index (χ4n) is 1.63. The zero-order valence-corrected chi connectivity index (χ0v) is 11.8. The molecule has 5 heteroatoms. The van der Waals surface area contributed by atoms with Gasteiger partial charge in [-0.15, -0.1) is 0 Å². The average Bonchev–Trinajstić information content (AvgIpc) is 2.35. The second-order valence-electron chi connectivity index (χ2n) is 4.02. The highest BCUT2D eigenvalue weighted by Crippen LogP contribution is 2.17. The molecule has 4 nitrogen and oxygen atoms in total. The van der Waals surface area contributed by atoms with E-state index in [9.17, 15) is 4.79 Å². The van der Waals surface area contributed by atoms with Crippen LogP contribution in [0.4, 0.5) is 5.69 Å². The van der Waals surface area contributed by atoms with Crippen LogP contribution in [0.1, 0.15) is 5.56 Å². The van der Waals surface area contributed by atoms with E-state index in [0.717, 1.165) is 15.8 Å². The Morgan fingerprint density at radius 2 is 2.41 bits per heavy atom. The van der Waals surface area contributed by atoms with Crippen molar-refractivity contribution in [2.45, 2.75) is 13.0 Å². The van der Waals surface area contributed by atoms with Gasteiger partial charge in [0.1, 0.15) is 6.10 Å². The second kappa shape index (κ2) is 5.79. The van der Waals surface area contributed by atoms with Crippen molar-refractivity contribution in [2.24, 2.45) is 0 Å². The summed E-state index contributed by atoms with van der Waals surface area (Å²) in [5, 5.41) is 6.01. The van der Waals surface area contributed by atoms with Gasteiger partial charge in [0.15, 0.2) is 0 Å². The molecule has 0 spiro atoms. The summed E-state index contributed by atoms with van der Waals surface area (Å²) < 4.78 is 6.53. The number of aryl methyl sites for hydroxylation is 1. The molecule has 2 rings (SSSR count). The number of hydrogen-bond acceptors (Lipinski definition) is 3. The second-order valence-corrected chi connectivity index (χ2v) is 5.18. The molecule has 2 N–H and O–H groups in total. The maximum atomic E-state index is 11.9. The van der Waals surface area contributed by atoms with E-state index < -0.39 is 0 Å². The lowest BCUT2D eigenvalue weighted by atomic mass is 10.2. The van der Waals surface area contributed by atoms with Gasteiger partial charge >= 0.3 is 0 Å². The van der Waals surface area contributed by atoms with E-state index in [4.69, 9.17) is 4.74 Å². The number of carbonyl (C=O) groups excluding carboxylic acids is 1. The van der Waals surface area contributed by atoms with E-state index in [2.05, 4.69) is 33.2 Å². The van der Waals surface area contributed by atoms with Crippen molar-refractivity contribution in [3.05, 3.63) is 27.3 Å². The molecule has 1 fully saturated rings. The maximum absolute atomic E-state index is 11.9. The SMILES string of the molecule is Cc1ccc(NC(=O)C2CNCCO2)cc1I. The van der Waals surface area contributed by atoms with Crippen LogP contribution in [0.25, 0.3) is 0 Å². The van der Waals surface area contributed by atoms with Crippen LogP contribution in [0.5, 0.6) is 0 Å². The number of rotatable bonds is 2. The van der Waals surface area contributed by atoms with Crippen LogP contribution < -0.4 is 10.6 Å². The van der Waals surface area contributed by atoms with Gasteiger partial charge in [0.25, 0.3) is 5.91 Å². The van der Waals surface area contributed by atoms with E-state index in [1.165, 1.54) is 5.56 Å². The minimum atomic E-state index is -0.386. The molecule has 0 bridgehead atoms. The van der Waals surface area contributed by atoms with Gasteiger partial charge in [0.05, 0.1) is 6.61 Å². The summed E-state index contributed by atoms with van der Waals surface area (Å²) in [6.45, 7) is 4.02. The number of nitrogens with one attached hydrogen (secondary N) is 2. The third kappa shape index (κ3) is 3.40. The molecule has 1 aliphatic rings. The van der Waals surface area contributed by atoms with Crippen LogP contribution in [0.15, 0.2) is 18.2 Å². The van der Waals surface area contributed by atoms with Crippen molar-refractivity contribution in [2.75, 3.05) is 25.0 Å². The first-order valence-corrected chi connectivity index (χ1v) is 6.64. The minimum Gasteiger partial charge on any atom is -0.366 e. The number of carbonyl (C=O) groups is 1. The average molecular weight is 346 g/mol. The lowest BCUT2D eigenvalue weighted by molar-refractivity contribution is -0.128. The molecule has 1 aromatic carbocycles. The van der Waals surface area contributed by atoms with E-state index in [1.807, 2.05) is 25.1 Å². The molecule has 1 aromatic rings. The Balaban J connectivity index is 1.99. The topological polar surface area (TPSA) is 50.4 Å². The number of halogens is 1. The molecule has 17 heavy (non-hydrogen) atoms. The highest BCUT2D eigenvalue weighted by Gasteiger charge is 2.21. The molecule has 1 heterocycles. The summed E-state index contributed by atoms with van der Waals surface area (Å²) >= 11 is 2.26. The smallest absolute Gasteiger partial charge is 0.254 e. The third-order valence-electron chi connectivity index (χ3n) is 2.66. The number of hydrogen-bond donors (Lipinski definition) is 2. The Kier molecular flexibility index (Phi) is 4.36. The standard InChI is InChI=1S/C12H15IN2O2/c1-8-2-3-9(6-10(8)13)15-12(16)11-7-14-4-5-17-11/h2-3,6,11,14H,4-5,7H2,1H3,(H,15,16). The number of amides is 1. The molecular weight excluding hydrogens is 331 g/mol. The van der Waals surface area contributed by atoms with E-state index in [1.54, 1.807) is 0 Å². The molecule has 92 valence electrons. The Morgan fingerprint density at radius 3 is 3.06 bits per heavy atom. The zero-order valence-electron chi connectivity index (χ0n) is 9.63. The monoisotopic (exact) mass is 346 g/mol. The molecule has 1 atom stereocenters. The predicted molar refractivity (Wildman–Crippen MR) is 75.1 cm³/mol. The van der Waals surface area contributed by atoms with Crippen molar-refractivity contribution in [3.63, 3.8) is 0 Å². The highest BCUT2D eigenvalue weighted by atomic mass is 127. The Bertz CT molecular complexity index is 417. The van der Waals surface area contributed by atoms with Gasteiger partial charge in [-0.05, 0) is 47.2 Å². The quantitative estimate of drug-likeness (QED) is 0.799. The van der Waals surface area contributed by atoms with E-state index in [-0.39, 0.29) is 12.0 Å². The van der Waals surface area contributed by atoms with Crippen molar-refractivity contribution in [3.8, 4) is 0 Å². The van der Waals surface area contributed by atoms with Crippen molar-refractivity contribution in [1.82, 2.24) is 5.32 Å². The van der Waals surface area contributed by atoms with Crippen molar-refractivity contribution < 1.29 is 9.53 Å². The minimum absolute atomic E-state index is 0.0862. The van der Waals surface area contributed by atoms with E-state index in [0.29, 0.717) is 13.2 Å². The summed E-state index contributed by atoms with van der Waals surface area (Å²) in [5.41, 5.74) is 2.03. The van der Waals surface area contributed by atoms with Crippen molar-refractivity contribution in [1.29, 1.82) is 0 Å². The molecule has 0 saturated carbocycles. The zero-order chi connectivity index (χ0) is 12.3. The number of benzene rings is 1. The summed E-state index contributed by atoms with van der Waals surface area (Å²) in [4.78, 5) is 11.9. The molecule has 0 aliphatic carbocycles. The molecule has 1 saturated heterocycles. The van der Waals surface area contributed by atoms with Crippen LogP contribution >= 0.6 is 22.6 Å². The van der Waals surface area contributed by atoms with Gasteiger partial charge in [-0.1, -0.05) is 6.07 Å². The van der Waals surface area contributed by atoms with Gasteiger partial charge in [-0.3, -0.25) is 4.79 Å². The molecule has 1 aliphatic heterocycles. The van der Waals surface area contributed by atoms with E-state index >= 15 is 0 Å². The first kappa shape index (κ1) is 12.8. The predicted octanol–water partition coefficient (Wildman–Crippen LogP) is 1.53. The fraction of sp³-hybridized carbons (Fsp3) is 0.417. The summed E-state index contributed by atoms with van der Waals surface area (Å²) in [7, 11) is 0. The molecule has 0 radical (unpaired) electrons. The van der Waals surface area contributed by atoms with Gasteiger partial charge in [0, 0.05) is 22.3 Å². The summed E-state index contributed by atoms with van der Waals surface area (Å²) in [5.74, 6) is -0.0862. The Labute approximate surface area is 114 Å². The number of morpholine rings is 1. The van der Waals surface area contributed by atoms with Crippen LogP contribution in [-0.4, -0.2) is 31.7 Å². The Hall–Kier alpha value is -0.660. The lowest BCUT2D eigenvalue weighted by Crippen LogP contribution is -2.45. The molecule has 0 aromatic heterocycles. The number of ether oxygens (including phenoxy) is 1. The van der Waals surface area contributed by atoms with Gasteiger partial charge in [-0.2, -0.15) is 0 Å². The first-order valence-electron chi connectivity index (χ1n) is 5.56. The Morgan fingerprint density at radius 1 is 1.59 bits per heavy atom. The van der Waals surface area contributed by atoms with Crippen LogP contribution in [0, 0.1) is 10.5 Å². The van der Waals surface area contributed by atoms with Crippen molar-refractivity contribution >= 4 is 34.2 Å². The summed E-state index contributed by atoms with van der Waals surface area (Å²) in [6, 6.07) is 5.87. The lowest BCUT2D eigenvalue weighted by Gasteiger charge is -2.22. The highest BCUT2D eigenvalue weighted by molar-refractivity contribution is 14.1. The van der Waals surface area contributed by atoms with Crippen LogP contribution in [0.2, 0.25) is 0 Å². The van der Waals surface area contributed by atoms with Crippen LogP contribution in [-0.2, 0) is 9.53 Å². The number of anilines is 1. The fourth-order valence-corrected chi connectivity index (χ4v) is 2.14. The van der Waals surface area contributed by atoms with Gasteiger partial charge in [-0.25, -0.2) is 0 Å². The van der Waals surface area contributed by atoms with Gasteiger partial charge in [0.2, 0.25) is 0 Å². The molecule has 1 amide bonds. The normalized spacial score (nSPS) is 20.0. The first-order chi connectivity index (χ1) is 8.16. The maximum Gasteiger partial charge on any atom is 0.254 e. The van der Waals surface area contributed by atoms with Crippen LogP contribution in [0.3, 0.4) is 0 Å². The summed E-state index contributed by atoms with van der Waals surface area (Å²) in [6.07, 6.45) is -0.386. The molecular formula is C12H15IN2O2. The van der Waals surface area contributed by atoms with Gasteiger partial charge < -0.3 is 15.4 Å². The molecule has 1 unspecified atom stereocenters. The largest absolute Gasteiger partial charge is 0.366 e.